The lowest BCUT2D eigenvalue weighted by Crippen LogP contribution is -2.13. The number of carbonyl (C=O) groups excluding carboxylic acids is 1. The number of nitrogens with one attached hydrogen (secondary N) is 1. The number of carbonyl (C=O) groups is 1. The third-order valence-electron chi connectivity index (χ3n) is 2.86. The first kappa shape index (κ1) is 16.0. The smallest absolute Gasteiger partial charge is 0.256 e. The van der Waals surface area contributed by atoms with Gasteiger partial charge in [-0.15, -0.1) is 0 Å². The highest BCUT2D eigenvalue weighted by Gasteiger charge is 2.13. The Kier molecular flexibility index (Phi) is 5.42. The van der Waals surface area contributed by atoms with Crippen LogP contribution >= 0.6 is 31.9 Å². The first-order valence-corrected chi connectivity index (χ1v) is 8.09. The maximum Gasteiger partial charge on any atom is 0.256 e. The molecule has 0 aliphatic carbocycles. The molecular weight excluding hydrogens is 398 g/mol. The van der Waals surface area contributed by atoms with E-state index in [1.54, 1.807) is 6.07 Å². The Bertz CT molecular complexity index is 671. The average molecular weight is 413 g/mol. The number of hydrogen-bond acceptors (Lipinski definition) is 2. The molecular formula is C16H15Br2NO2. The van der Waals surface area contributed by atoms with Crippen molar-refractivity contribution in [2.45, 2.75) is 13.8 Å². The summed E-state index contributed by atoms with van der Waals surface area (Å²) in [6.07, 6.45) is 0. The molecule has 0 aromatic heterocycles. The topological polar surface area (TPSA) is 38.3 Å². The fraction of sp³-hybridized carbons (Fsp3) is 0.188. The Hall–Kier alpha value is -1.33. The molecule has 0 fully saturated rings. The molecule has 21 heavy (non-hydrogen) atoms. The highest BCUT2D eigenvalue weighted by atomic mass is 79.9. The molecule has 5 heteroatoms. The van der Waals surface area contributed by atoms with Crippen molar-refractivity contribution >= 4 is 43.5 Å². The highest BCUT2D eigenvalue weighted by molar-refractivity contribution is 9.11. The summed E-state index contributed by atoms with van der Waals surface area (Å²) in [5.41, 5.74) is 2.31. The number of ether oxygens (including phenoxy) is 1. The predicted molar refractivity (Wildman–Crippen MR) is 92.1 cm³/mol. The van der Waals surface area contributed by atoms with Crippen molar-refractivity contribution in [1.29, 1.82) is 0 Å². The van der Waals surface area contributed by atoms with E-state index in [2.05, 4.69) is 37.2 Å². The number of amides is 1. The number of aryl methyl sites for hydroxylation is 1. The predicted octanol–water partition coefficient (Wildman–Crippen LogP) is 5.17. The van der Waals surface area contributed by atoms with Crippen LogP contribution in [-0.2, 0) is 0 Å². The maximum atomic E-state index is 12.4. The standard InChI is InChI=1S/C16H15Br2NO2/c1-3-21-15-8-10(2)4-7-14(15)19-16(20)12-9-11(17)5-6-13(12)18/h4-9H,3H2,1-2H3,(H,19,20). The molecule has 0 saturated carbocycles. The van der Waals surface area contributed by atoms with E-state index in [1.807, 2.05) is 44.2 Å². The van der Waals surface area contributed by atoms with Crippen LogP contribution in [0.3, 0.4) is 0 Å². The summed E-state index contributed by atoms with van der Waals surface area (Å²) >= 11 is 6.77. The van der Waals surface area contributed by atoms with Gasteiger partial charge in [-0.1, -0.05) is 22.0 Å². The molecule has 2 aromatic carbocycles. The van der Waals surface area contributed by atoms with Crippen molar-refractivity contribution in [3.8, 4) is 5.75 Å². The SMILES string of the molecule is CCOc1cc(C)ccc1NC(=O)c1cc(Br)ccc1Br. The van der Waals surface area contributed by atoms with Crippen molar-refractivity contribution in [3.63, 3.8) is 0 Å². The van der Waals surface area contributed by atoms with Gasteiger partial charge in [-0.25, -0.2) is 0 Å². The van der Waals surface area contributed by atoms with Crippen LogP contribution in [-0.4, -0.2) is 12.5 Å². The van der Waals surface area contributed by atoms with Crippen molar-refractivity contribution in [2.24, 2.45) is 0 Å². The molecule has 2 aromatic rings. The number of rotatable bonds is 4. The summed E-state index contributed by atoms with van der Waals surface area (Å²) in [5, 5.41) is 2.89. The zero-order valence-electron chi connectivity index (χ0n) is 11.7. The van der Waals surface area contributed by atoms with Crippen LogP contribution < -0.4 is 10.1 Å². The normalized spacial score (nSPS) is 10.3. The monoisotopic (exact) mass is 411 g/mol. The highest BCUT2D eigenvalue weighted by Crippen LogP contribution is 2.28. The molecule has 0 saturated heterocycles. The van der Waals surface area contributed by atoms with Gasteiger partial charge < -0.3 is 10.1 Å². The summed E-state index contributed by atoms with van der Waals surface area (Å²) in [4.78, 5) is 12.4. The van der Waals surface area contributed by atoms with E-state index in [9.17, 15) is 4.79 Å². The summed E-state index contributed by atoms with van der Waals surface area (Å²) in [5.74, 6) is 0.491. The third-order valence-corrected chi connectivity index (χ3v) is 4.04. The first-order chi connectivity index (χ1) is 10.0. The van der Waals surface area contributed by atoms with Gasteiger partial charge in [-0.05, 0) is 65.7 Å². The van der Waals surface area contributed by atoms with Crippen LogP contribution in [0.2, 0.25) is 0 Å². The summed E-state index contributed by atoms with van der Waals surface area (Å²) in [7, 11) is 0. The van der Waals surface area contributed by atoms with E-state index < -0.39 is 0 Å². The van der Waals surface area contributed by atoms with Gasteiger partial charge in [0.2, 0.25) is 0 Å². The van der Waals surface area contributed by atoms with Crippen molar-refractivity contribution < 1.29 is 9.53 Å². The van der Waals surface area contributed by atoms with Gasteiger partial charge in [0.15, 0.2) is 0 Å². The number of anilines is 1. The minimum Gasteiger partial charge on any atom is -0.492 e. The van der Waals surface area contributed by atoms with Gasteiger partial charge in [0, 0.05) is 8.95 Å². The second-order valence-corrected chi connectivity index (χ2v) is 6.28. The Balaban J connectivity index is 2.29. The zero-order valence-corrected chi connectivity index (χ0v) is 14.9. The largest absolute Gasteiger partial charge is 0.492 e. The summed E-state index contributed by atoms with van der Waals surface area (Å²) < 4.78 is 7.17. The van der Waals surface area contributed by atoms with E-state index in [4.69, 9.17) is 4.74 Å². The van der Waals surface area contributed by atoms with E-state index in [0.29, 0.717) is 23.6 Å². The molecule has 0 heterocycles. The van der Waals surface area contributed by atoms with Gasteiger partial charge >= 0.3 is 0 Å². The zero-order chi connectivity index (χ0) is 15.4. The minimum absolute atomic E-state index is 0.187. The molecule has 0 aliphatic heterocycles. The van der Waals surface area contributed by atoms with Crippen LogP contribution in [0.1, 0.15) is 22.8 Å². The molecule has 0 bridgehead atoms. The average Bonchev–Trinajstić information content (AvgIpc) is 2.44. The number of halogens is 2. The lowest BCUT2D eigenvalue weighted by Gasteiger charge is -2.13. The van der Waals surface area contributed by atoms with Gasteiger partial charge in [-0.2, -0.15) is 0 Å². The molecule has 0 spiro atoms. The van der Waals surface area contributed by atoms with Gasteiger partial charge in [0.05, 0.1) is 17.9 Å². The fourth-order valence-electron chi connectivity index (χ4n) is 1.87. The number of benzene rings is 2. The maximum absolute atomic E-state index is 12.4. The van der Waals surface area contributed by atoms with E-state index in [-0.39, 0.29) is 5.91 Å². The number of hydrogen-bond donors (Lipinski definition) is 1. The molecule has 0 atom stereocenters. The van der Waals surface area contributed by atoms with Crippen LogP contribution in [0.4, 0.5) is 5.69 Å². The molecule has 2 rings (SSSR count). The van der Waals surface area contributed by atoms with E-state index in [0.717, 1.165) is 14.5 Å². The van der Waals surface area contributed by atoms with Crippen LogP contribution in [0.15, 0.2) is 45.3 Å². The summed E-state index contributed by atoms with van der Waals surface area (Å²) in [6, 6.07) is 11.2. The molecule has 0 aliphatic rings. The lowest BCUT2D eigenvalue weighted by atomic mass is 10.2. The molecule has 0 radical (unpaired) electrons. The molecule has 3 nitrogen and oxygen atoms in total. The van der Waals surface area contributed by atoms with Crippen LogP contribution in [0.5, 0.6) is 5.75 Å². The van der Waals surface area contributed by atoms with E-state index in [1.165, 1.54) is 0 Å². The summed E-state index contributed by atoms with van der Waals surface area (Å²) in [6.45, 7) is 4.45. The fourth-order valence-corrected chi connectivity index (χ4v) is 2.66. The second kappa shape index (κ2) is 7.09. The van der Waals surface area contributed by atoms with Crippen molar-refractivity contribution in [1.82, 2.24) is 0 Å². The molecule has 0 unspecified atom stereocenters. The Morgan fingerprint density at radius 2 is 1.95 bits per heavy atom. The Morgan fingerprint density at radius 3 is 2.67 bits per heavy atom. The first-order valence-electron chi connectivity index (χ1n) is 6.51. The van der Waals surface area contributed by atoms with Gasteiger partial charge in [0.1, 0.15) is 5.75 Å². The second-order valence-electron chi connectivity index (χ2n) is 4.51. The third kappa shape index (κ3) is 4.08. The minimum atomic E-state index is -0.187. The van der Waals surface area contributed by atoms with Crippen molar-refractivity contribution in [2.75, 3.05) is 11.9 Å². The lowest BCUT2D eigenvalue weighted by molar-refractivity contribution is 0.102. The molecule has 1 N–H and O–H groups in total. The Labute approximate surface area is 141 Å². The molecule has 110 valence electrons. The van der Waals surface area contributed by atoms with Gasteiger partial charge in [0.25, 0.3) is 5.91 Å². The van der Waals surface area contributed by atoms with Crippen molar-refractivity contribution in [3.05, 3.63) is 56.5 Å². The van der Waals surface area contributed by atoms with Crippen LogP contribution in [0, 0.1) is 6.92 Å². The Morgan fingerprint density at radius 1 is 1.19 bits per heavy atom. The molecule has 1 amide bonds. The van der Waals surface area contributed by atoms with Gasteiger partial charge in [-0.3, -0.25) is 4.79 Å². The van der Waals surface area contributed by atoms with E-state index >= 15 is 0 Å². The quantitative estimate of drug-likeness (QED) is 0.751. The van der Waals surface area contributed by atoms with Crippen LogP contribution in [0.25, 0.3) is 0 Å².